The molecular weight excluding hydrogens is 403 g/mol. The molecule has 9 heteroatoms. The molecule has 1 aromatic heterocycles. The molecule has 1 aliphatic heterocycles. The summed E-state index contributed by atoms with van der Waals surface area (Å²) in [6, 6.07) is 6.12. The predicted molar refractivity (Wildman–Crippen MR) is 102 cm³/mol. The van der Waals surface area contributed by atoms with Crippen LogP contribution in [0, 0.1) is 6.92 Å². The van der Waals surface area contributed by atoms with Gasteiger partial charge in [0.15, 0.2) is 0 Å². The van der Waals surface area contributed by atoms with Crippen LogP contribution in [-0.2, 0) is 10.9 Å². The monoisotopic (exact) mass is 427 g/mol. The molecule has 1 fully saturated rings. The first kappa shape index (κ1) is 22.6. The van der Waals surface area contributed by atoms with Crippen molar-refractivity contribution < 1.29 is 38.3 Å². The van der Waals surface area contributed by atoms with Gasteiger partial charge in [-0.15, -0.1) is 0 Å². The van der Waals surface area contributed by atoms with Crippen LogP contribution in [-0.4, -0.2) is 62.5 Å². The lowest BCUT2D eigenvalue weighted by Gasteiger charge is -2.42. The summed E-state index contributed by atoms with van der Waals surface area (Å²) in [5.74, 6) is -0.426. The number of hydrogen-bond acceptors (Lipinski definition) is 6. The first-order valence-electron chi connectivity index (χ1n) is 9.48. The Kier molecular flexibility index (Phi) is 6.49. The van der Waals surface area contributed by atoms with E-state index in [-0.39, 0.29) is 0 Å². The van der Waals surface area contributed by atoms with Gasteiger partial charge < -0.3 is 25.2 Å². The average Bonchev–Trinajstić information content (AvgIpc) is 2.71. The van der Waals surface area contributed by atoms with Gasteiger partial charge in [-0.2, -0.15) is 13.2 Å². The summed E-state index contributed by atoms with van der Waals surface area (Å²) in [5, 5.41) is 39.7. The van der Waals surface area contributed by atoms with Crippen LogP contribution in [0.3, 0.4) is 0 Å². The summed E-state index contributed by atoms with van der Waals surface area (Å²) < 4.78 is 44.5. The van der Waals surface area contributed by atoms with Crippen molar-refractivity contribution in [2.75, 3.05) is 6.61 Å². The summed E-state index contributed by atoms with van der Waals surface area (Å²) in [7, 11) is 0. The van der Waals surface area contributed by atoms with Gasteiger partial charge in [0.05, 0.1) is 18.3 Å². The van der Waals surface area contributed by atoms with Crippen molar-refractivity contribution in [2.24, 2.45) is 0 Å². The zero-order valence-corrected chi connectivity index (χ0v) is 16.4. The van der Waals surface area contributed by atoms with E-state index in [2.05, 4.69) is 4.98 Å². The lowest BCUT2D eigenvalue weighted by atomic mass is 9.83. The second-order valence-electron chi connectivity index (χ2n) is 7.61. The van der Waals surface area contributed by atoms with E-state index in [4.69, 9.17) is 4.74 Å². The van der Waals surface area contributed by atoms with Crippen molar-refractivity contribution in [1.82, 2.24) is 4.98 Å². The molecule has 0 bridgehead atoms. The SMILES string of the molecule is Cc1cc(-c2cncc(C(F)(F)F)c2)ccc1[C@@H](C)[C@H]1O[C@H](CO)[C@@H](O)[C@H](O)[C@@H]1O. The predicted octanol–water partition coefficient (Wildman–Crippen LogP) is 2.02. The second-order valence-corrected chi connectivity index (χ2v) is 7.61. The topological polar surface area (TPSA) is 103 Å². The van der Waals surface area contributed by atoms with E-state index in [1.165, 1.54) is 6.20 Å². The maximum Gasteiger partial charge on any atom is 0.417 e. The molecule has 1 aromatic carbocycles. The van der Waals surface area contributed by atoms with Gasteiger partial charge in [0.25, 0.3) is 0 Å². The molecule has 4 N–H and O–H groups in total. The first-order chi connectivity index (χ1) is 14.0. The molecule has 0 amide bonds. The van der Waals surface area contributed by atoms with Crippen LogP contribution >= 0.6 is 0 Å². The van der Waals surface area contributed by atoms with Gasteiger partial charge in [-0.3, -0.25) is 4.98 Å². The van der Waals surface area contributed by atoms with Gasteiger partial charge in [-0.05, 0) is 29.7 Å². The van der Waals surface area contributed by atoms with E-state index in [0.29, 0.717) is 11.1 Å². The Bertz CT molecular complexity index is 889. The molecule has 0 spiro atoms. The van der Waals surface area contributed by atoms with Crippen LogP contribution in [0.25, 0.3) is 11.1 Å². The molecule has 0 unspecified atom stereocenters. The normalized spacial score (nSPS) is 28.4. The van der Waals surface area contributed by atoms with Gasteiger partial charge in [0.2, 0.25) is 0 Å². The van der Waals surface area contributed by atoms with Gasteiger partial charge in [0.1, 0.15) is 24.4 Å². The van der Waals surface area contributed by atoms with E-state index < -0.39 is 54.8 Å². The van der Waals surface area contributed by atoms with E-state index in [0.717, 1.165) is 23.4 Å². The Balaban J connectivity index is 1.88. The van der Waals surface area contributed by atoms with Crippen molar-refractivity contribution in [1.29, 1.82) is 0 Å². The third kappa shape index (κ3) is 4.35. The Morgan fingerprint density at radius 1 is 1.03 bits per heavy atom. The Hall–Kier alpha value is -2.04. The Labute approximate surface area is 171 Å². The maximum atomic E-state index is 13.0. The summed E-state index contributed by atoms with van der Waals surface area (Å²) in [5.41, 5.74) is 1.53. The lowest BCUT2D eigenvalue weighted by Crippen LogP contribution is -2.59. The molecule has 0 aliphatic carbocycles. The number of rotatable bonds is 4. The number of ether oxygens (including phenoxy) is 1. The summed E-state index contributed by atoms with van der Waals surface area (Å²) in [6.07, 6.45) is -8.55. The number of aryl methyl sites for hydroxylation is 1. The minimum atomic E-state index is -4.49. The van der Waals surface area contributed by atoms with Gasteiger partial charge >= 0.3 is 6.18 Å². The highest BCUT2D eigenvalue weighted by atomic mass is 19.4. The van der Waals surface area contributed by atoms with Crippen molar-refractivity contribution in [3.8, 4) is 11.1 Å². The summed E-state index contributed by atoms with van der Waals surface area (Å²) in [6.45, 7) is 3.02. The van der Waals surface area contributed by atoms with Crippen LogP contribution in [0.4, 0.5) is 13.2 Å². The number of aliphatic hydroxyl groups is 4. The minimum absolute atomic E-state index is 0.319. The van der Waals surface area contributed by atoms with Crippen LogP contribution in [0.5, 0.6) is 0 Å². The third-order valence-electron chi connectivity index (χ3n) is 5.58. The van der Waals surface area contributed by atoms with Crippen molar-refractivity contribution >= 4 is 0 Å². The van der Waals surface area contributed by atoms with Gasteiger partial charge in [-0.1, -0.05) is 25.1 Å². The number of halogens is 3. The van der Waals surface area contributed by atoms with Crippen LogP contribution in [0.1, 0.15) is 29.5 Å². The van der Waals surface area contributed by atoms with Crippen molar-refractivity contribution in [3.63, 3.8) is 0 Å². The van der Waals surface area contributed by atoms with Gasteiger partial charge in [-0.25, -0.2) is 0 Å². The fourth-order valence-electron chi connectivity index (χ4n) is 3.84. The third-order valence-corrected chi connectivity index (χ3v) is 5.58. The summed E-state index contributed by atoms with van der Waals surface area (Å²) >= 11 is 0. The fraction of sp³-hybridized carbons (Fsp3) is 0.476. The number of aromatic nitrogens is 1. The Morgan fingerprint density at radius 2 is 1.73 bits per heavy atom. The minimum Gasteiger partial charge on any atom is -0.394 e. The maximum absolute atomic E-state index is 13.0. The van der Waals surface area contributed by atoms with Crippen LogP contribution in [0.2, 0.25) is 0 Å². The number of aliphatic hydroxyl groups excluding tert-OH is 4. The Morgan fingerprint density at radius 3 is 2.33 bits per heavy atom. The van der Waals surface area contributed by atoms with Crippen molar-refractivity contribution in [2.45, 2.75) is 56.5 Å². The largest absolute Gasteiger partial charge is 0.417 e. The number of alkyl halides is 3. The molecule has 0 saturated carbocycles. The summed E-state index contributed by atoms with van der Waals surface area (Å²) in [4.78, 5) is 3.68. The lowest BCUT2D eigenvalue weighted by molar-refractivity contribution is -0.233. The standard InChI is InChI=1S/C21H24F3NO5/c1-10-5-12(13-6-14(8-25-7-13)21(22,23)24)3-4-15(10)11(2)20-19(29)18(28)17(27)16(9-26)30-20/h3-8,11,16-20,26-29H,9H2,1-2H3/t11-,16-,17-,18+,19+,20-/m1/s1. The molecule has 3 rings (SSSR count). The molecule has 2 aromatic rings. The van der Waals surface area contributed by atoms with Gasteiger partial charge in [0, 0.05) is 23.9 Å². The van der Waals surface area contributed by atoms with Crippen LogP contribution in [0.15, 0.2) is 36.7 Å². The van der Waals surface area contributed by atoms with Crippen LogP contribution < -0.4 is 0 Å². The molecule has 1 saturated heterocycles. The zero-order chi connectivity index (χ0) is 22.2. The molecule has 6 atom stereocenters. The molecular formula is C21H24F3NO5. The second kappa shape index (κ2) is 8.60. The van der Waals surface area contributed by atoms with E-state index in [9.17, 15) is 33.6 Å². The molecule has 1 aliphatic rings. The number of nitrogens with zero attached hydrogens (tertiary/aromatic N) is 1. The average molecular weight is 427 g/mol. The molecule has 2 heterocycles. The van der Waals surface area contributed by atoms with E-state index >= 15 is 0 Å². The smallest absolute Gasteiger partial charge is 0.394 e. The van der Waals surface area contributed by atoms with E-state index in [1.54, 1.807) is 32.0 Å². The number of hydrogen-bond donors (Lipinski definition) is 4. The molecule has 6 nitrogen and oxygen atoms in total. The number of pyridine rings is 1. The quantitative estimate of drug-likeness (QED) is 0.596. The number of benzene rings is 1. The fourth-order valence-corrected chi connectivity index (χ4v) is 3.84. The molecule has 0 radical (unpaired) electrons. The highest BCUT2D eigenvalue weighted by Gasteiger charge is 2.45. The highest BCUT2D eigenvalue weighted by molar-refractivity contribution is 5.65. The molecule has 30 heavy (non-hydrogen) atoms. The first-order valence-corrected chi connectivity index (χ1v) is 9.48. The highest BCUT2D eigenvalue weighted by Crippen LogP contribution is 2.35. The van der Waals surface area contributed by atoms with Crippen molar-refractivity contribution in [3.05, 3.63) is 53.3 Å². The zero-order valence-electron chi connectivity index (χ0n) is 16.4. The molecule has 164 valence electrons. The van der Waals surface area contributed by atoms with E-state index in [1.807, 2.05) is 0 Å².